The lowest BCUT2D eigenvalue weighted by Crippen LogP contribution is -1.94. The minimum absolute atomic E-state index is 0.00372. The highest BCUT2D eigenvalue weighted by Crippen LogP contribution is 2.24. The molecular formula is C18H14N6O4. The highest BCUT2D eigenvalue weighted by Gasteiger charge is 2.12. The van der Waals surface area contributed by atoms with Crippen molar-refractivity contribution in [2.75, 3.05) is 0 Å². The van der Waals surface area contributed by atoms with Gasteiger partial charge < -0.3 is 9.26 Å². The summed E-state index contributed by atoms with van der Waals surface area (Å²) in [5.74, 6) is 1.67. The molecule has 0 saturated carbocycles. The van der Waals surface area contributed by atoms with Crippen molar-refractivity contribution in [1.29, 1.82) is 0 Å². The maximum Gasteiger partial charge on any atom is 0.270 e. The van der Waals surface area contributed by atoms with Crippen LogP contribution in [0, 0.1) is 10.1 Å². The van der Waals surface area contributed by atoms with Crippen molar-refractivity contribution >= 4 is 5.69 Å². The average Bonchev–Trinajstić information content (AvgIpc) is 3.36. The SMILES string of the molecule is Cn1nnc(-c2ccc(OCc3cc(-c4cccc([N+](=O)[O-])c4)no3)cc2)n1. The Hall–Kier alpha value is -4.08. The van der Waals surface area contributed by atoms with Gasteiger partial charge in [-0.05, 0) is 29.5 Å². The number of ether oxygens (including phenoxy) is 1. The second kappa shape index (κ2) is 7.27. The Morgan fingerprint density at radius 3 is 2.68 bits per heavy atom. The molecule has 0 unspecified atom stereocenters. The molecule has 4 aromatic rings. The van der Waals surface area contributed by atoms with Crippen molar-refractivity contribution in [3.05, 3.63) is 70.5 Å². The van der Waals surface area contributed by atoms with E-state index < -0.39 is 4.92 Å². The van der Waals surface area contributed by atoms with Gasteiger partial charge in [-0.2, -0.15) is 4.80 Å². The smallest absolute Gasteiger partial charge is 0.270 e. The highest BCUT2D eigenvalue weighted by molar-refractivity contribution is 5.62. The fourth-order valence-electron chi connectivity index (χ4n) is 2.55. The Balaban J connectivity index is 1.42. The molecule has 0 radical (unpaired) electrons. The summed E-state index contributed by atoms with van der Waals surface area (Å²) in [4.78, 5) is 11.8. The molecule has 0 aliphatic heterocycles. The van der Waals surface area contributed by atoms with Crippen molar-refractivity contribution in [2.24, 2.45) is 7.05 Å². The van der Waals surface area contributed by atoms with Gasteiger partial charge in [-0.3, -0.25) is 10.1 Å². The van der Waals surface area contributed by atoms with Gasteiger partial charge in [0, 0.05) is 29.3 Å². The number of benzene rings is 2. The largest absolute Gasteiger partial charge is 0.486 e. The Labute approximate surface area is 158 Å². The summed E-state index contributed by atoms with van der Waals surface area (Å²) in [5, 5.41) is 26.7. The monoisotopic (exact) mass is 378 g/mol. The Kier molecular flexibility index (Phi) is 4.50. The lowest BCUT2D eigenvalue weighted by Gasteiger charge is -2.03. The first-order chi connectivity index (χ1) is 13.6. The van der Waals surface area contributed by atoms with Gasteiger partial charge in [0.15, 0.2) is 5.76 Å². The van der Waals surface area contributed by atoms with Crippen LogP contribution in [0.15, 0.2) is 59.1 Å². The fourth-order valence-corrected chi connectivity index (χ4v) is 2.55. The summed E-state index contributed by atoms with van der Waals surface area (Å²) in [5.41, 5.74) is 1.93. The molecule has 2 heterocycles. The molecule has 0 fully saturated rings. The molecule has 0 atom stereocenters. The Morgan fingerprint density at radius 1 is 1.14 bits per heavy atom. The van der Waals surface area contributed by atoms with Crippen molar-refractivity contribution in [3.63, 3.8) is 0 Å². The van der Waals surface area contributed by atoms with Crippen molar-refractivity contribution < 1.29 is 14.2 Å². The van der Waals surface area contributed by atoms with Gasteiger partial charge in [0.05, 0.1) is 12.0 Å². The van der Waals surface area contributed by atoms with E-state index in [1.54, 1.807) is 37.4 Å². The molecule has 0 spiro atoms. The van der Waals surface area contributed by atoms with E-state index >= 15 is 0 Å². The lowest BCUT2D eigenvalue weighted by molar-refractivity contribution is -0.384. The number of nitro benzene ring substituents is 1. The Morgan fingerprint density at radius 2 is 1.96 bits per heavy atom. The van der Waals surface area contributed by atoms with Crippen LogP contribution in [-0.2, 0) is 13.7 Å². The molecule has 0 amide bonds. The lowest BCUT2D eigenvalue weighted by atomic mass is 10.1. The molecule has 10 nitrogen and oxygen atoms in total. The van der Waals surface area contributed by atoms with E-state index in [0.29, 0.717) is 28.6 Å². The molecule has 0 aliphatic rings. The maximum absolute atomic E-state index is 10.9. The van der Waals surface area contributed by atoms with E-state index in [9.17, 15) is 10.1 Å². The molecule has 2 aromatic carbocycles. The topological polar surface area (TPSA) is 122 Å². The predicted octanol–water partition coefficient (Wildman–Crippen LogP) is 3.02. The number of aromatic nitrogens is 5. The van der Waals surface area contributed by atoms with Crippen LogP contribution in [0.3, 0.4) is 0 Å². The van der Waals surface area contributed by atoms with Crippen LogP contribution < -0.4 is 4.74 Å². The third kappa shape index (κ3) is 3.70. The van der Waals surface area contributed by atoms with E-state index in [4.69, 9.17) is 9.26 Å². The van der Waals surface area contributed by atoms with Gasteiger partial charge in [0.1, 0.15) is 18.1 Å². The number of hydrogen-bond donors (Lipinski definition) is 0. The van der Waals surface area contributed by atoms with Gasteiger partial charge in [0.2, 0.25) is 5.82 Å². The van der Waals surface area contributed by atoms with E-state index in [1.165, 1.54) is 16.9 Å². The van der Waals surface area contributed by atoms with Crippen LogP contribution in [0.2, 0.25) is 0 Å². The van der Waals surface area contributed by atoms with Gasteiger partial charge in [0.25, 0.3) is 5.69 Å². The zero-order chi connectivity index (χ0) is 19.5. The number of aryl methyl sites for hydroxylation is 1. The summed E-state index contributed by atoms with van der Waals surface area (Å²) in [6.07, 6.45) is 0. The predicted molar refractivity (Wildman–Crippen MR) is 97.2 cm³/mol. The van der Waals surface area contributed by atoms with Crippen LogP contribution in [0.25, 0.3) is 22.6 Å². The average molecular weight is 378 g/mol. The molecule has 2 aromatic heterocycles. The Bertz CT molecular complexity index is 1120. The summed E-state index contributed by atoms with van der Waals surface area (Å²) in [7, 11) is 1.70. The van der Waals surface area contributed by atoms with Crippen molar-refractivity contribution in [1.82, 2.24) is 25.4 Å². The number of nitro groups is 1. The van der Waals surface area contributed by atoms with E-state index in [0.717, 1.165) is 5.56 Å². The molecule has 0 N–H and O–H groups in total. The third-order valence-corrected chi connectivity index (χ3v) is 3.91. The van der Waals surface area contributed by atoms with Crippen LogP contribution in [0.1, 0.15) is 5.76 Å². The molecular weight excluding hydrogens is 364 g/mol. The molecule has 4 rings (SSSR count). The van der Waals surface area contributed by atoms with E-state index in [-0.39, 0.29) is 12.3 Å². The molecule has 10 heteroatoms. The number of hydrogen-bond acceptors (Lipinski definition) is 8. The quantitative estimate of drug-likeness (QED) is 0.371. The van der Waals surface area contributed by atoms with Gasteiger partial charge in [-0.15, -0.1) is 10.2 Å². The number of rotatable bonds is 6. The minimum atomic E-state index is -0.451. The molecule has 28 heavy (non-hydrogen) atoms. The van der Waals surface area contributed by atoms with Crippen molar-refractivity contribution in [3.8, 4) is 28.4 Å². The second-order valence-corrected chi connectivity index (χ2v) is 5.90. The van der Waals surface area contributed by atoms with E-state index in [2.05, 4.69) is 20.6 Å². The first-order valence-corrected chi connectivity index (χ1v) is 8.26. The highest BCUT2D eigenvalue weighted by atomic mass is 16.6. The molecule has 0 aliphatic carbocycles. The van der Waals surface area contributed by atoms with Crippen LogP contribution >= 0.6 is 0 Å². The number of nitrogens with zero attached hydrogens (tertiary/aromatic N) is 6. The number of tetrazole rings is 1. The molecule has 0 bridgehead atoms. The van der Waals surface area contributed by atoms with Gasteiger partial charge in [-0.25, -0.2) is 0 Å². The summed E-state index contributed by atoms with van der Waals surface area (Å²) >= 11 is 0. The zero-order valence-corrected chi connectivity index (χ0v) is 14.7. The summed E-state index contributed by atoms with van der Waals surface area (Å²) < 4.78 is 11.0. The van der Waals surface area contributed by atoms with Crippen LogP contribution in [-0.4, -0.2) is 30.3 Å². The first kappa shape index (κ1) is 17.3. The normalized spacial score (nSPS) is 10.8. The van der Waals surface area contributed by atoms with Crippen LogP contribution in [0.4, 0.5) is 5.69 Å². The molecule has 140 valence electrons. The van der Waals surface area contributed by atoms with Gasteiger partial charge in [-0.1, -0.05) is 17.3 Å². The summed E-state index contributed by atoms with van der Waals surface area (Å²) in [6.45, 7) is 0.171. The number of non-ortho nitro benzene ring substituents is 1. The first-order valence-electron chi connectivity index (χ1n) is 8.26. The van der Waals surface area contributed by atoms with Crippen molar-refractivity contribution in [2.45, 2.75) is 6.61 Å². The van der Waals surface area contributed by atoms with Crippen LogP contribution in [0.5, 0.6) is 5.75 Å². The minimum Gasteiger partial charge on any atom is -0.486 e. The maximum atomic E-state index is 10.9. The van der Waals surface area contributed by atoms with E-state index in [1.807, 2.05) is 12.1 Å². The standard InChI is InChI=1S/C18H14N6O4/c1-23-20-18(19-22-23)12-5-7-15(8-6-12)27-11-16-10-17(21-28-16)13-3-2-4-14(9-13)24(25)26/h2-10H,11H2,1H3. The summed E-state index contributed by atoms with van der Waals surface area (Å²) in [6, 6.07) is 15.2. The van der Waals surface area contributed by atoms with Gasteiger partial charge >= 0.3 is 0 Å². The fraction of sp³-hybridized carbons (Fsp3) is 0.111. The zero-order valence-electron chi connectivity index (χ0n) is 14.7. The second-order valence-electron chi connectivity index (χ2n) is 5.90. The molecule has 0 saturated heterocycles. The third-order valence-electron chi connectivity index (χ3n) is 3.91.